The van der Waals surface area contributed by atoms with Crippen molar-refractivity contribution in [1.29, 1.82) is 0 Å². The minimum atomic E-state index is -0.593. The maximum absolute atomic E-state index is 11.9. The lowest BCUT2D eigenvalue weighted by Crippen LogP contribution is -2.20. The van der Waals surface area contributed by atoms with Crippen LogP contribution in [0.5, 0.6) is 5.75 Å². The van der Waals surface area contributed by atoms with Crippen LogP contribution in [-0.4, -0.2) is 20.6 Å². The number of aromatic hydroxyl groups is 1. The molecule has 2 N–H and O–H groups in total. The van der Waals surface area contributed by atoms with E-state index in [9.17, 15) is 14.7 Å². The van der Waals surface area contributed by atoms with Crippen molar-refractivity contribution < 1.29 is 9.90 Å². The highest BCUT2D eigenvalue weighted by molar-refractivity contribution is 6.02. The number of carbonyl (C=O) groups is 1. The molecule has 18 heavy (non-hydrogen) atoms. The summed E-state index contributed by atoms with van der Waals surface area (Å²) < 4.78 is 1.38. The predicted octanol–water partition coefficient (Wildman–Crippen LogP) is 0.738. The molecular weight excluding hydrogens is 234 g/mol. The highest BCUT2D eigenvalue weighted by Gasteiger charge is 2.11. The van der Waals surface area contributed by atoms with Gasteiger partial charge >= 0.3 is 0 Å². The van der Waals surface area contributed by atoms with E-state index in [0.717, 1.165) is 6.07 Å². The first-order valence-corrected chi connectivity index (χ1v) is 5.19. The average Bonchev–Trinajstić information content (AvgIpc) is 2.35. The largest absolute Gasteiger partial charge is 0.503 e. The van der Waals surface area contributed by atoms with Crippen molar-refractivity contribution in [2.24, 2.45) is 7.05 Å². The van der Waals surface area contributed by atoms with Gasteiger partial charge in [-0.3, -0.25) is 14.6 Å². The van der Waals surface area contributed by atoms with Crippen LogP contribution in [0.15, 0.2) is 41.6 Å². The molecule has 0 unspecified atom stereocenters. The van der Waals surface area contributed by atoms with Crippen LogP contribution < -0.4 is 10.7 Å². The molecule has 0 atom stereocenters. The lowest BCUT2D eigenvalue weighted by atomic mass is 10.3. The SMILES string of the molecule is Cn1cc(O)c(=O)cc1C(=O)Nc1cccnc1. The Bertz CT molecular complexity index is 635. The van der Waals surface area contributed by atoms with Crippen LogP contribution in [0.3, 0.4) is 0 Å². The molecule has 6 heteroatoms. The maximum atomic E-state index is 11.9. The average molecular weight is 245 g/mol. The maximum Gasteiger partial charge on any atom is 0.272 e. The van der Waals surface area contributed by atoms with Gasteiger partial charge in [0.05, 0.1) is 18.1 Å². The van der Waals surface area contributed by atoms with Crippen LogP contribution in [0, 0.1) is 0 Å². The second-order valence-electron chi connectivity index (χ2n) is 3.71. The Hall–Kier alpha value is -2.63. The number of pyridine rings is 2. The number of nitrogens with one attached hydrogen (secondary N) is 1. The molecule has 2 aromatic rings. The number of nitrogens with zero attached hydrogens (tertiary/aromatic N) is 2. The van der Waals surface area contributed by atoms with Crippen LogP contribution in [0.25, 0.3) is 0 Å². The van der Waals surface area contributed by atoms with Crippen molar-refractivity contribution in [3.05, 3.63) is 52.7 Å². The smallest absolute Gasteiger partial charge is 0.272 e. The molecule has 0 fully saturated rings. The van der Waals surface area contributed by atoms with Crippen molar-refractivity contribution in [3.63, 3.8) is 0 Å². The standard InChI is InChI=1S/C12H11N3O3/c1-15-7-11(17)10(16)5-9(15)12(18)14-8-3-2-4-13-6-8/h2-7,17H,1H3,(H,14,18). The highest BCUT2D eigenvalue weighted by Crippen LogP contribution is 2.08. The Morgan fingerprint density at radius 2 is 2.28 bits per heavy atom. The number of amides is 1. The van der Waals surface area contributed by atoms with Gasteiger partial charge in [-0.1, -0.05) is 0 Å². The zero-order chi connectivity index (χ0) is 13.1. The van der Waals surface area contributed by atoms with Crippen LogP contribution in [0.1, 0.15) is 10.5 Å². The summed E-state index contributed by atoms with van der Waals surface area (Å²) in [5, 5.41) is 11.8. The summed E-state index contributed by atoms with van der Waals surface area (Å²) in [5.41, 5.74) is 0.0918. The summed E-state index contributed by atoms with van der Waals surface area (Å²) in [7, 11) is 1.57. The summed E-state index contributed by atoms with van der Waals surface area (Å²) in [5.74, 6) is -0.835. The van der Waals surface area contributed by atoms with Crippen molar-refractivity contribution in [2.45, 2.75) is 0 Å². The third-order valence-corrected chi connectivity index (χ3v) is 2.37. The molecule has 0 saturated carbocycles. The first kappa shape index (κ1) is 11.8. The molecule has 0 aliphatic carbocycles. The van der Waals surface area contributed by atoms with Crippen molar-refractivity contribution >= 4 is 11.6 Å². The van der Waals surface area contributed by atoms with E-state index in [-0.39, 0.29) is 5.69 Å². The van der Waals surface area contributed by atoms with Gasteiger partial charge in [-0.05, 0) is 12.1 Å². The Kier molecular flexibility index (Phi) is 3.09. The second-order valence-corrected chi connectivity index (χ2v) is 3.71. The number of anilines is 1. The van der Waals surface area contributed by atoms with E-state index < -0.39 is 17.1 Å². The lowest BCUT2D eigenvalue weighted by Gasteiger charge is -2.09. The molecule has 2 rings (SSSR count). The molecule has 2 aromatic heterocycles. The topological polar surface area (TPSA) is 84.2 Å². The molecule has 1 amide bonds. The van der Waals surface area contributed by atoms with E-state index >= 15 is 0 Å². The Morgan fingerprint density at radius 3 is 2.94 bits per heavy atom. The Labute approximate surface area is 103 Å². The summed E-state index contributed by atoms with van der Waals surface area (Å²) in [4.78, 5) is 27.1. The molecule has 6 nitrogen and oxygen atoms in total. The molecule has 2 heterocycles. The summed E-state index contributed by atoms with van der Waals surface area (Å²) in [6, 6.07) is 4.45. The first-order valence-electron chi connectivity index (χ1n) is 5.19. The molecular formula is C12H11N3O3. The zero-order valence-electron chi connectivity index (χ0n) is 9.62. The minimum absolute atomic E-state index is 0.154. The molecule has 0 radical (unpaired) electrons. The molecule has 0 aromatic carbocycles. The van der Waals surface area contributed by atoms with E-state index in [2.05, 4.69) is 10.3 Å². The van der Waals surface area contributed by atoms with Gasteiger partial charge in [-0.25, -0.2) is 0 Å². The number of rotatable bonds is 2. The van der Waals surface area contributed by atoms with Gasteiger partial charge < -0.3 is 15.0 Å². The normalized spacial score (nSPS) is 10.1. The number of carbonyl (C=O) groups excluding carboxylic acids is 1. The van der Waals surface area contributed by atoms with Crippen LogP contribution >= 0.6 is 0 Å². The first-order chi connectivity index (χ1) is 8.58. The molecule has 0 spiro atoms. The summed E-state index contributed by atoms with van der Waals surface area (Å²) in [6.07, 6.45) is 4.28. The van der Waals surface area contributed by atoms with Gasteiger partial charge in [-0.2, -0.15) is 0 Å². The Morgan fingerprint density at radius 1 is 1.50 bits per heavy atom. The molecule has 0 bridgehead atoms. The highest BCUT2D eigenvalue weighted by atomic mass is 16.3. The fourth-order valence-electron chi connectivity index (χ4n) is 1.47. The van der Waals surface area contributed by atoms with Gasteiger partial charge in [0.2, 0.25) is 5.43 Å². The van der Waals surface area contributed by atoms with Crippen molar-refractivity contribution in [3.8, 4) is 5.75 Å². The van der Waals surface area contributed by atoms with E-state index in [1.54, 1.807) is 25.4 Å². The van der Waals surface area contributed by atoms with E-state index in [1.807, 2.05) is 0 Å². The van der Waals surface area contributed by atoms with Gasteiger partial charge in [0, 0.05) is 19.3 Å². The Balaban J connectivity index is 2.30. The van der Waals surface area contributed by atoms with Crippen molar-refractivity contribution in [1.82, 2.24) is 9.55 Å². The van der Waals surface area contributed by atoms with E-state index in [0.29, 0.717) is 5.69 Å². The van der Waals surface area contributed by atoms with E-state index in [4.69, 9.17) is 0 Å². The van der Waals surface area contributed by atoms with E-state index in [1.165, 1.54) is 17.0 Å². The van der Waals surface area contributed by atoms with Gasteiger partial charge in [0.1, 0.15) is 5.69 Å². The zero-order valence-corrected chi connectivity index (χ0v) is 9.62. The van der Waals surface area contributed by atoms with Gasteiger partial charge in [0.15, 0.2) is 5.75 Å². The third-order valence-electron chi connectivity index (χ3n) is 2.37. The molecule has 92 valence electrons. The summed E-state index contributed by atoms with van der Waals surface area (Å²) >= 11 is 0. The molecule has 0 aliphatic rings. The number of hydrogen-bond acceptors (Lipinski definition) is 4. The number of aryl methyl sites for hydroxylation is 1. The quantitative estimate of drug-likeness (QED) is 0.817. The number of hydrogen-bond donors (Lipinski definition) is 2. The van der Waals surface area contributed by atoms with Crippen LogP contribution in [0.2, 0.25) is 0 Å². The summed E-state index contributed by atoms with van der Waals surface area (Å²) in [6.45, 7) is 0. The van der Waals surface area contributed by atoms with Crippen LogP contribution in [-0.2, 0) is 7.05 Å². The lowest BCUT2D eigenvalue weighted by molar-refractivity contribution is 0.101. The van der Waals surface area contributed by atoms with Gasteiger partial charge in [-0.15, -0.1) is 0 Å². The predicted molar refractivity (Wildman–Crippen MR) is 65.5 cm³/mol. The van der Waals surface area contributed by atoms with Crippen LogP contribution in [0.4, 0.5) is 5.69 Å². The molecule has 0 aliphatic heterocycles. The second kappa shape index (κ2) is 4.70. The van der Waals surface area contributed by atoms with Crippen molar-refractivity contribution in [2.75, 3.05) is 5.32 Å². The van der Waals surface area contributed by atoms with Gasteiger partial charge in [0.25, 0.3) is 5.91 Å². The third kappa shape index (κ3) is 2.37. The fourth-order valence-corrected chi connectivity index (χ4v) is 1.47. The minimum Gasteiger partial charge on any atom is -0.503 e. The molecule has 0 saturated heterocycles. The number of aromatic nitrogens is 2. The fraction of sp³-hybridized carbons (Fsp3) is 0.0833. The monoisotopic (exact) mass is 245 g/mol.